The molecule has 1 fully saturated rings. The number of benzene rings is 1. The lowest BCUT2D eigenvalue weighted by molar-refractivity contribution is 0.127. The fraction of sp³-hybridized carbons (Fsp3) is 0.500. The number of hydrogen-bond donors (Lipinski definition) is 1. The lowest BCUT2D eigenvalue weighted by atomic mass is 10.0. The number of hydrogen-bond acceptors (Lipinski definition) is 4. The molecule has 2 rings (SSSR count). The monoisotopic (exact) mass is 306 g/mol. The quantitative estimate of drug-likeness (QED) is 0.908. The van der Waals surface area contributed by atoms with Crippen LogP contribution in [0.2, 0.25) is 0 Å². The SMILES string of the molecule is CCOC(=O)NCC1CN(c2ccc(C(C)C)cc2)C(=O)O1. The van der Waals surface area contributed by atoms with E-state index in [-0.39, 0.29) is 12.6 Å². The van der Waals surface area contributed by atoms with Crippen LogP contribution in [0.3, 0.4) is 0 Å². The third-order valence-corrected chi connectivity index (χ3v) is 3.50. The molecule has 0 aliphatic carbocycles. The van der Waals surface area contributed by atoms with Gasteiger partial charge in [0.25, 0.3) is 0 Å². The molecule has 6 heteroatoms. The van der Waals surface area contributed by atoms with Crippen LogP contribution in [-0.2, 0) is 9.47 Å². The molecule has 0 radical (unpaired) electrons. The zero-order chi connectivity index (χ0) is 16.1. The van der Waals surface area contributed by atoms with Crippen LogP contribution < -0.4 is 10.2 Å². The van der Waals surface area contributed by atoms with Crippen molar-refractivity contribution in [2.24, 2.45) is 0 Å². The number of carbonyl (C=O) groups is 2. The second-order valence-corrected chi connectivity index (χ2v) is 5.46. The summed E-state index contributed by atoms with van der Waals surface area (Å²) in [5.74, 6) is 0.445. The standard InChI is InChI=1S/C16H22N2O4/c1-4-21-15(19)17-9-14-10-18(16(20)22-14)13-7-5-12(6-8-13)11(2)3/h5-8,11,14H,4,9-10H2,1-3H3,(H,17,19). The number of anilines is 1. The van der Waals surface area contributed by atoms with Crippen molar-refractivity contribution in [1.82, 2.24) is 5.32 Å². The second kappa shape index (κ2) is 7.15. The average Bonchev–Trinajstić information content (AvgIpc) is 2.86. The van der Waals surface area contributed by atoms with Gasteiger partial charge in [-0.15, -0.1) is 0 Å². The fourth-order valence-electron chi connectivity index (χ4n) is 2.26. The second-order valence-electron chi connectivity index (χ2n) is 5.46. The van der Waals surface area contributed by atoms with E-state index >= 15 is 0 Å². The third kappa shape index (κ3) is 3.90. The average molecular weight is 306 g/mol. The largest absolute Gasteiger partial charge is 0.450 e. The lowest BCUT2D eigenvalue weighted by Crippen LogP contribution is -2.34. The predicted molar refractivity (Wildman–Crippen MR) is 83.2 cm³/mol. The van der Waals surface area contributed by atoms with Crippen LogP contribution >= 0.6 is 0 Å². The highest BCUT2D eigenvalue weighted by Gasteiger charge is 2.32. The molecule has 0 bridgehead atoms. The van der Waals surface area contributed by atoms with Crippen molar-refractivity contribution in [3.8, 4) is 0 Å². The maximum atomic E-state index is 11.9. The first-order valence-corrected chi connectivity index (χ1v) is 7.50. The molecule has 1 aromatic carbocycles. The number of rotatable bonds is 5. The molecular weight excluding hydrogens is 284 g/mol. The summed E-state index contributed by atoms with van der Waals surface area (Å²) in [7, 11) is 0. The third-order valence-electron chi connectivity index (χ3n) is 3.50. The minimum Gasteiger partial charge on any atom is -0.450 e. The molecule has 1 aromatic rings. The molecule has 1 atom stereocenters. The van der Waals surface area contributed by atoms with Crippen molar-refractivity contribution in [2.75, 3.05) is 24.6 Å². The van der Waals surface area contributed by atoms with Crippen LogP contribution in [-0.4, -0.2) is 38.0 Å². The van der Waals surface area contributed by atoms with Crippen LogP contribution in [0.5, 0.6) is 0 Å². The van der Waals surface area contributed by atoms with Gasteiger partial charge < -0.3 is 14.8 Å². The van der Waals surface area contributed by atoms with Crippen LogP contribution in [0.25, 0.3) is 0 Å². The Balaban J connectivity index is 1.93. The summed E-state index contributed by atoms with van der Waals surface area (Å²) in [4.78, 5) is 24.8. The van der Waals surface area contributed by atoms with E-state index in [1.165, 1.54) is 5.56 Å². The van der Waals surface area contributed by atoms with Crippen molar-refractivity contribution < 1.29 is 19.1 Å². The van der Waals surface area contributed by atoms with Crippen LogP contribution in [0, 0.1) is 0 Å². The highest BCUT2D eigenvalue weighted by atomic mass is 16.6. The Morgan fingerprint density at radius 1 is 1.41 bits per heavy atom. The van der Waals surface area contributed by atoms with E-state index in [9.17, 15) is 9.59 Å². The molecule has 22 heavy (non-hydrogen) atoms. The number of amides is 2. The molecule has 1 saturated heterocycles. The molecule has 0 aromatic heterocycles. The van der Waals surface area contributed by atoms with E-state index in [1.54, 1.807) is 11.8 Å². The first kappa shape index (κ1) is 16.1. The minimum absolute atomic E-state index is 0.241. The Kier molecular flexibility index (Phi) is 5.25. The number of carbonyl (C=O) groups excluding carboxylic acids is 2. The molecule has 0 spiro atoms. The van der Waals surface area contributed by atoms with E-state index in [1.807, 2.05) is 24.3 Å². The van der Waals surface area contributed by atoms with Gasteiger partial charge in [0.15, 0.2) is 0 Å². The molecule has 6 nitrogen and oxygen atoms in total. The lowest BCUT2D eigenvalue weighted by Gasteiger charge is -2.14. The molecule has 1 aliphatic rings. The fourth-order valence-corrected chi connectivity index (χ4v) is 2.26. The molecule has 1 heterocycles. The smallest absolute Gasteiger partial charge is 0.414 e. The predicted octanol–water partition coefficient (Wildman–Crippen LogP) is 2.88. The van der Waals surface area contributed by atoms with E-state index in [0.29, 0.717) is 19.1 Å². The van der Waals surface area contributed by atoms with Crippen molar-refractivity contribution in [3.63, 3.8) is 0 Å². The first-order chi connectivity index (χ1) is 10.5. The van der Waals surface area contributed by atoms with Crippen molar-refractivity contribution >= 4 is 17.9 Å². The zero-order valence-electron chi connectivity index (χ0n) is 13.2. The number of cyclic esters (lactones) is 1. The highest BCUT2D eigenvalue weighted by molar-refractivity contribution is 5.89. The van der Waals surface area contributed by atoms with Gasteiger partial charge in [-0.1, -0.05) is 26.0 Å². The van der Waals surface area contributed by atoms with Gasteiger partial charge in [-0.2, -0.15) is 0 Å². The normalized spacial score (nSPS) is 17.5. The van der Waals surface area contributed by atoms with Gasteiger partial charge in [0, 0.05) is 5.69 Å². The maximum absolute atomic E-state index is 11.9. The summed E-state index contributed by atoms with van der Waals surface area (Å²) in [6.45, 7) is 6.94. The summed E-state index contributed by atoms with van der Waals surface area (Å²) in [6, 6.07) is 7.85. The Bertz CT molecular complexity index is 527. The van der Waals surface area contributed by atoms with Gasteiger partial charge in [0.2, 0.25) is 0 Å². The highest BCUT2D eigenvalue weighted by Crippen LogP contribution is 2.24. The molecule has 1 aliphatic heterocycles. The van der Waals surface area contributed by atoms with Crippen molar-refractivity contribution in [1.29, 1.82) is 0 Å². The summed E-state index contributed by atoms with van der Waals surface area (Å²) >= 11 is 0. The molecule has 1 N–H and O–H groups in total. The van der Waals surface area contributed by atoms with Gasteiger partial charge in [-0.3, -0.25) is 4.90 Å². The zero-order valence-corrected chi connectivity index (χ0v) is 13.2. The van der Waals surface area contributed by atoms with E-state index in [4.69, 9.17) is 9.47 Å². The van der Waals surface area contributed by atoms with Crippen LogP contribution in [0.4, 0.5) is 15.3 Å². The van der Waals surface area contributed by atoms with Crippen molar-refractivity contribution in [3.05, 3.63) is 29.8 Å². The Morgan fingerprint density at radius 2 is 2.09 bits per heavy atom. The number of nitrogens with zero attached hydrogens (tertiary/aromatic N) is 1. The topological polar surface area (TPSA) is 67.9 Å². The summed E-state index contributed by atoms with van der Waals surface area (Å²) in [5, 5.41) is 2.58. The molecular formula is C16H22N2O4. The number of alkyl carbamates (subject to hydrolysis) is 1. The summed E-state index contributed by atoms with van der Waals surface area (Å²) in [5.41, 5.74) is 2.02. The van der Waals surface area contributed by atoms with E-state index in [0.717, 1.165) is 5.69 Å². The Labute approximate surface area is 130 Å². The van der Waals surface area contributed by atoms with E-state index < -0.39 is 12.2 Å². The first-order valence-electron chi connectivity index (χ1n) is 7.50. The summed E-state index contributed by atoms with van der Waals surface area (Å²) in [6.07, 6.45) is -1.27. The van der Waals surface area contributed by atoms with Gasteiger partial charge >= 0.3 is 12.2 Å². The van der Waals surface area contributed by atoms with Gasteiger partial charge in [0.1, 0.15) is 6.10 Å². The molecule has 1 unspecified atom stereocenters. The van der Waals surface area contributed by atoms with Crippen LogP contribution in [0.15, 0.2) is 24.3 Å². The number of nitrogens with one attached hydrogen (secondary N) is 1. The van der Waals surface area contributed by atoms with Crippen LogP contribution in [0.1, 0.15) is 32.3 Å². The number of ether oxygens (including phenoxy) is 2. The van der Waals surface area contributed by atoms with Gasteiger partial charge in [0.05, 0.1) is 19.7 Å². The molecule has 120 valence electrons. The van der Waals surface area contributed by atoms with Crippen molar-refractivity contribution in [2.45, 2.75) is 32.8 Å². The molecule has 0 saturated carbocycles. The minimum atomic E-state index is -0.502. The maximum Gasteiger partial charge on any atom is 0.414 e. The van der Waals surface area contributed by atoms with Gasteiger partial charge in [-0.25, -0.2) is 9.59 Å². The molecule has 2 amide bonds. The van der Waals surface area contributed by atoms with E-state index in [2.05, 4.69) is 19.2 Å². The summed E-state index contributed by atoms with van der Waals surface area (Å²) < 4.78 is 10.0. The Morgan fingerprint density at radius 3 is 2.68 bits per heavy atom. The Hall–Kier alpha value is -2.24. The van der Waals surface area contributed by atoms with Gasteiger partial charge in [-0.05, 0) is 30.5 Å².